The molecule has 1 unspecified atom stereocenters. The van der Waals surface area contributed by atoms with Gasteiger partial charge in [-0.15, -0.1) is 0 Å². The minimum absolute atomic E-state index is 0.0938. The number of rotatable bonds is 5. The second-order valence-electron chi connectivity index (χ2n) is 4.57. The van der Waals surface area contributed by atoms with Gasteiger partial charge in [-0.1, -0.05) is 12.1 Å². The van der Waals surface area contributed by atoms with E-state index in [1.165, 1.54) is 24.3 Å². The molecule has 0 bridgehead atoms. The fraction of sp³-hybridized carbons (Fsp3) is 0.214. The lowest BCUT2D eigenvalue weighted by Gasteiger charge is -2.13. The van der Waals surface area contributed by atoms with Crippen LogP contribution < -0.4 is 5.32 Å². The average Bonchev–Trinajstić information content (AvgIpc) is 2.45. The van der Waals surface area contributed by atoms with Gasteiger partial charge in [0.05, 0.1) is 11.0 Å². The number of nitro groups is 1. The number of hydrogen-bond donors (Lipinski definition) is 2. The van der Waals surface area contributed by atoms with Crippen LogP contribution >= 0.6 is 0 Å². The molecule has 1 aromatic carbocycles. The number of halogens is 1. The highest BCUT2D eigenvalue weighted by molar-refractivity contribution is 5.48. The van der Waals surface area contributed by atoms with Crippen LogP contribution in [0.15, 0.2) is 36.5 Å². The van der Waals surface area contributed by atoms with E-state index >= 15 is 0 Å². The molecule has 1 atom stereocenters. The zero-order valence-electron chi connectivity index (χ0n) is 11.3. The predicted molar refractivity (Wildman–Crippen MR) is 75.5 cm³/mol. The zero-order valence-corrected chi connectivity index (χ0v) is 11.3. The molecule has 0 aliphatic carbocycles. The molecule has 0 aliphatic heterocycles. The van der Waals surface area contributed by atoms with E-state index in [-0.39, 0.29) is 12.2 Å². The van der Waals surface area contributed by atoms with E-state index in [2.05, 4.69) is 10.3 Å². The van der Waals surface area contributed by atoms with Crippen LogP contribution in [0.25, 0.3) is 0 Å². The summed E-state index contributed by atoms with van der Waals surface area (Å²) in [4.78, 5) is 14.0. The molecule has 2 N–H and O–H groups in total. The lowest BCUT2D eigenvalue weighted by molar-refractivity contribution is -0.385. The molecule has 2 aromatic rings. The number of hydrogen-bond acceptors (Lipinski definition) is 5. The first-order valence-electron chi connectivity index (χ1n) is 6.26. The first-order valence-corrected chi connectivity index (χ1v) is 6.26. The molecule has 0 saturated carbocycles. The third kappa shape index (κ3) is 3.73. The van der Waals surface area contributed by atoms with Crippen molar-refractivity contribution in [3.63, 3.8) is 0 Å². The van der Waals surface area contributed by atoms with Crippen molar-refractivity contribution in [3.8, 4) is 0 Å². The Morgan fingerprint density at radius 3 is 2.86 bits per heavy atom. The molecule has 0 saturated heterocycles. The molecule has 21 heavy (non-hydrogen) atoms. The summed E-state index contributed by atoms with van der Waals surface area (Å²) in [5.41, 5.74) is 0.946. The standard InChI is InChI=1S/C14H14FN3O3/c1-9-5-12(18(20)21)7-16-14(9)17-8-13(19)10-3-2-4-11(15)6-10/h2-7,13,19H,8H2,1H3,(H,16,17). The quantitative estimate of drug-likeness (QED) is 0.653. The smallest absolute Gasteiger partial charge is 0.287 e. The molecule has 0 fully saturated rings. The van der Waals surface area contributed by atoms with Crippen molar-refractivity contribution in [2.75, 3.05) is 11.9 Å². The lowest BCUT2D eigenvalue weighted by atomic mass is 10.1. The molecular weight excluding hydrogens is 277 g/mol. The SMILES string of the molecule is Cc1cc([N+](=O)[O-])cnc1NCC(O)c1cccc(F)c1. The van der Waals surface area contributed by atoms with Gasteiger partial charge in [-0.3, -0.25) is 10.1 Å². The molecule has 2 rings (SSSR count). The highest BCUT2D eigenvalue weighted by Crippen LogP contribution is 2.20. The molecule has 110 valence electrons. The molecule has 1 heterocycles. The number of aliphatic hydroxyl groups excluding tert-OH is 1. The van der Waals surface area contributed by atoms with Crippen LogP contribution in [0.5, 0.6) is 0 Å². The van der Waals surface area contributed by atoms with Crippen molar-refractivity contribution < 1.29 is 14.4 Å². The summed E-state index contributed by atoms with van der Waals surface area (Å²) in [7, 11) is 0. The maximum atomic E-state index is 13.1. The molecule has 0 radical (unpaired) electrons. The molecule has 7 heteroatoms. The molecule has 1 aromatic heterocycles. The Labute approximate surface area is 120 Å². The summed E-state index contributed by atoms with van der Waals surface area (Å²) in [6, 6.07) is 7.08. The fourth-order valence-corrected chi connectivity index (χ4v) is 1.87. The number of benzene rings is 1. The van der Waals surface area contributed by atoms with E-state index in [0.717, 1.165) is 6.20 Å². The van der Waals surface area contributed by atoms with Crippen LogP contribution in [0.1, 0.15) is 17.2 Å². The first-order chi connectivity index (χ1) is 9.97. The van der Waals surface area contributed by atoms with E-state index in [9.17, 15) is 19.6 Å². The van der Waals surface area contributed by atoms with Gasteiger partial charge >= 0.3 is 0 Å². The Bertz CT molecular complexity index is 664. The third-order valence-electron chi connectivity index (χ3n) is 2.97. The average molecular weight is 291 g/mol. The van der Waals surface area contributed by atoms with Crippen molar-refractivity contribution in [2.45, 2.75) is 13.0 Å². The monoisotopic (exact) mass is 291 g/mol. The van der Waals surface area contributed by atoms with Gasteiger partial charge in [0, 0.05) is 12.6 Å². The lowest BCUT2D eigenvalue weighted by Crippen LogP contribution is -2.14. The van der Waals surface area contributed by atoms with E-state index in [1.807, 2.05) is 0 Å². The van der Waals surface area contributed by atoms with Gasteiger partial charge in [-0.25, -0.2) is 9.37 Å². The number of anilines is 1. The number of aliphatic hydroxyl groups is 1. The van der Waals surface area contributed by atoms with Crippen LogP contribution in [-0.2, 0) is 0 Å². The van der Waals surface area contributed by atoms with Crippen molar-refractivity contribution in [3.05, 3.63) is 63.6 Å². The second kappa shape index (κ2) is 6.27. The minimum Gasteiger partial charge on any atom is -0.387 e. The Balaban J connectivity index is 2.04. The molecular formula is C14H14FN3O3. The van der Waals surface area contributed by atoms with Gasteiger partial charge in [-0.05, 0) is 30.2 Å². The summed E-state index contributed by atoms with van der Waals surface area (Å²) in [5.74, 6) is 0.0206. The number of nitrogens with zero attached hydrogens (tertiary/aromatic N) is 2. The minimum atomic E-state index is -0.905. The van der Waals surface area contributed by atoms with Crippen molar-refractivity contribution in [1.82, 2.24) is 4.98 Å². The molecule has 0 spiro atoms. The highest BCUT2D eigenvalue weighted by Gasteiger charge is 2.12. The molecule has 6 nitrogen and oxygen atoms in total. The summed E-state index contributed by atoms with van der Waals surface area (Å²) >= 11 is 0. The van der Waals surface area contributed by atoms with E-state index in [0.29, 0.717) is 16.9 Å². The second-order valence-corrected chi connectivity index (χ2v) is 4.57. The Morgan fingerprint density at radius 1 is 1.48 bits per heavy atom. The van der Waals surface area contributed by atoms with Crippen LogP contribution in [0.3, 0.4) is 0 Å². The van der Waals surface area contributed by atoms with Gasteiger partial charge < -0.3 is 10.4 Å². The maximum Gasteiger partial charge on any atom is 0.287 e. The Morgan fingerprint density at radius 2 is 2.24 bits per heavy atom. The zero-order chi connectivity index (χ0) is 15.4. The summed E-state index contributed by atoms with van der Waals surface area (Å²) in [6.07, 6.45) is 0.237. The first kappa shape index (κ1) is 14.9. The van der Waals surface area contributed by atoms with Gasteiger partial charge in [0.15, 0.2) is 0 Å². The van der Waals surface area contributed by atoms with Crippen LogP contribution in [-0.4, -0.2) is 21.6 Å². The Hall–Kier alpha value is -2.54. The van der Waals surface area contributed by atoms with Crippen molar-refractivity contribution >= 4 is 11.5 Å². The topological polar surface area (TPSA) is 88.3 Å². The van der Waals surface area contributed by atoms with Crippen LogP contribution in [0, 0.1) is 22.9 Å². The normalized spacial score (nSPS) is 12.0. The third-order valence-corrected chi connectivity index (χ3v) is 2.97. The number of aryl methyl sites for hydroxylation is 1. The van der Waals surface area contributed by atoms with Gasteiger partial charge in [-0.2, -0.15) is 0 Å². The van der Waals surface area contributed by atoms with Crippen LogP contribution in [0.2, 0.25) is 0 Å². The molecule has 0 aliphatic rings. The van der Waals surface area contributed by atoms with Crippen LogP contribution in [0.4, 0.5) is 15.9 Å². The predicted octanol–water partition coefficient (Wildman–Crippen LogP) is 2.58. The summed E-state index contributed by atoms with van der Waals surface area (Å²) in [5, 5.41) is 23.5. The summed E-state index contributed by atoms with van der Waals surface area (Å²) in [6.45, 7) is 1.80. The van der Waals surface area contributed by atoms with Gasteiger partial charge in [0.25, 0.3) is 5.69 Å². The number of pyridine rings is 1. The van der Waals surface area contributed by atoms with Gasteiger partial charge in [0.2, 0.25) is 0 Å². The van der Waals surface area contributed by atoms with E-state index < -0.39 is 16.8 Å². The summed E-state index contributed by atoms with van der Waals surface area (Å²) < 4.78 is 13.1. The highest BCUT2D eigenvalue weighted by atomic mass is 19.1. The van der Waals surface area contributed by atoms with Crippen molar-refractivity contribution in [2.24, 2.45) is 0 Å². The van der Waals surface area contributed by atoms with Crippen molar-refractivity contribution in [1.29, 1.82) is 0 Å². The molecule has 0 amide bonds. The number of aromatic nitrogens is 1. The Kier molecular flexibility index (Phi) is 4.44. The van der Waals surface area contributed by atoms with Gasteiger partial charge in [0.1, 0.15) is 17.8 Å². The fourth-order valence-electron chi connectivity index (χ4n) is 1.87. The number of nitrogens with one attached hydrogen (secondary N) is 1. The maximum absolute atomic E-state index is 13.1. The van der Waals surface area contributed by atoms with E-state index in [1.54, 1.807) is 13.0 Å². The largest absolute Gasteiger partial charge is 0.387 e. The van der Waals surface area contributed by atoms with E-state index in [4.69, 9.17) is 0 Å².